The molecule has 0 spiro atoms. The highest BCUT2D eigenvalue weighted by atomic mass is 16.3. The summed E-state index contributed by atoms with van der Waals surface area (Å²) in [6, 6.07) is 0. The second-order valence-electron chi connectivity index (χ2n) is 5.58. The van der Waals surface area contributed by atoms with Gasteiger partial charge >= 0.3 is 0 Å². The highest BCUT2D eigenvalue weighted by Crippen LogP contribution is 2.24. The van der Waals surface area contributed by atoms with Gasteiger partial charge in [0.25, 0.3) is 0 Å². The fraction of sp³-hybridized carbons (Fsp3) is 1.00. The van der Waals surface area contributed by atoms with E-state index >= 15 is 0 Å². The van der Waals surface area contributed by atoms with Gasteiger partial charge in [0.2, 0.25) is 0 Å². The first-order valence-electron chi connectivity index (χ1n) is 8.03. The fourth-order valence-electron chi connectivity index (χ4n) is 2.53. The first kappa shape index (κ1) is 17.9. The van der Waals surface area contributed by atoms with Crippen LogP contribution in [0.4, 0.5) is 0 Å². The summed E-state index contributed by atoms with van der Waals surface area (Å²) >= 11 is 0. The summed E-state index contributed by atoms with van der Waals surface area (Å²) in [6.07, 6.45) is 9.93. The number of hydrogen-bond acceptors (Lipinski definition) is 2. The third-order valence-corrected chi connectivity index (χ3v) is 3.84. The Balaban J connectivity index is 4.20. The summed E-state index contributed by atoms with van der Waals surface area (Å²) < 4.78 is 0. The van der Waals surface area contributed by atoms with Crippen LogP contribution in [0.2, 0.25) is 0 Å². The molecular weight excluding hydrogens is 224 g/mol. The van der Waals surface area contributed by atoms with E-state index in [2.05, 4.69) is 20.8 Å². The Hall–Kier alpha value is -0.0800. The van der Waals surface area contributed by atoms with Gasteiger partial charge in [-0.15, -0.1) is 0 Å². The van der Waals surface area contributed by atoms with Gasteiger partial charge in [-0.25, -0.2) is 0 Å². The third kappa shape index (κ3) is 8.10. The van der Waals surface area contributed by atoms with Gasteiger partial charge in [-0.2, -0.15) is 0 Å². The van der Waals surface area contributed by atoms with Crippen molar-refractivity contribution in [2.24, 2.45) is 5.92 Å². The van der Waals surface area contributed by atoms with Crippen molar-refractivity contribution in [2.75, 3.05) is 0 Å². The molecule has 0 aliphatic rings. The standard InChI is InChI=1S/C16H34O2/c1-4-7-10-11-14(15(17)12-8-5-2)16(18)13-9-6-3/h14-18H,4-13H2,1-3H3. The van der Waals surface area contributed by atoms with Crippen molar-refractivity contribution in [3.63, 3.8) is 0 Å². The fourth-order valence-corrected chi connectivity index (χ4v) is 2.53. The van der Waals surface area contributed by atoms with Crippen LogP contribution in [0.25, 0.3) is 0 Å². The minimum absolute atomic E-state index is 0.0923. The van der Waals surface area contributed by atoms with Crippen molar-refractivity contribution in [3.05, 3.63) is 0 Å². The predicted molar refractivity (Wildman–Crippen MR) is 78.7 cm³/mol. The zero-order valence-electron chi connectivity index (χ0n) is 12.7. The quantitative estimate of drug-likeness (QED) is 0.513. The molecule has 0 aromatic carbocycles. The van der Waals surface area contributed by atoms with Crippen molar-refractivity contribution in [3.8, 4) is 0 Å². The molecule has 2 atom stereocenters. The molecule has 0 rings (SSSR count). The molecule has 2 unspecified atom stereocenters. The van der Waals surface area contributed by atoms with E-state index in [0.29, 0.717) is 0 Å². The Labute approximate surface area is 114 Å². The van der Waals surface area contributed by atoms with Gasteiger partial charge in [-0.3, -0.25) is 0 Å². The Bertz CT molecular complexity index is 156. The summed E-state index contributed by atoms with van der Waals surface area (Å²) in [5.74, 6) is 0.0923. The van der Waals surface area contributed by atoms with Crippen LogP contribution < -0.4 is 0 Å². The number of unbranched alkanes of at least 4 members (excludes halogenated alkanes) is 4. The van der Waals surface area contributed by atoms with Crippen molar-refractivity contribution >= 4 is 0 Å². The van der Waals surface area contributed by atoms with E-state index in [0.717, 1.165) is 51.4 Å². The Morgan fingerprint density at radius 1 is 0.611 bits per heavy atom. The molecule has 0 aliphatic carbocycles. The van der Waals surface area contributed by atoms with E-state index in [1.165, 1.54) is 12.8 Å². The lowest BCUT2D eigenvalue weighted by Gasteiger charge is -2.28. The maximum Gasteiger partial charge on any atom is 0.0593 e. The molecule has 0 saturated carbocycles. The lowest BCUT2D eigenvalue weighted by molar-refractivity contribution is -0.00282. The minimum atomic E-state index is -0.311. The molecule has 0 amide bonds. The molecule has 0 bridgehead atoms. The first-order chi connectivity index (χ1) is 8.67. The highest BCUT2D eigenvalue weighted by Gasteiger charge is 2.25. The first-order valence-corrected chi connectivity index (χ1v) is 8.03. The van der Waals surface area contributed by atoms with Crippen LogP contribution in [0.1, 0.15) is 85.0 Å². The van der Waals surface area contributed by atoms with Crippen LogP contribution in [0.5, 0.6) is 0 Å². The van der Waals surface area contributed by atoms with Crippen LogP contribution in [-0.4, -0.2) is 22.4 Å². The van der Waals surface area contributed by atoms with E-state index in [-0.39, 0.29) is 18.1 Å². The van der Waals surface area contributed by atoms with Gasteiger partial charge in [0.15, 0.2) is 0 Å². The largest absolute Gasteiger partial charge is 0.393 e. The molecule has 0 saturated heterocycles. The van der Waals surface area contributed by atoms with Crippen molar-refractivity contribution in [2.45, 2.75) is 97.2 Å². The average Bonchev–Trinajstić information content (AvgIpc) is 2.38. The summed E-state index contributed by atoms with van der Waals surface area (Å²) in [5.41, 5.74) is 0. The summed E-state index contributed by atoms with van der Waals surface area (Å²) in [5, 5.41) is 20.5. The molecular formula is C16H34O2. The second-order valence-corrected chi connectivity index (χ2v) is 5.58. The molecule has 0 fully saturated rings. The zero-order valence-corrected chi connectivity index (χ0v) is 12.7. The molecule has 0 aromatic heterocycles. The topological polar surface area (TPSA) is 40.5 Å². The molecule has 0 heterocycles. The van der Waals surface area contributed by atoms with E-state index in [9.17, 15) is 10.2 Å². The van der Waals surface area contributed by atoms with Crippen LogP contribution in [-0.2, 0) is 0 Å². The second kappa shape index (κ2) is 12.0. The molecule has 2 N–H and O–H groups in total. The van der Waals surface area contributed by atoms with Gasteiger partial charge in [0.1, 0.15) is 0 Å². The van der Waals surface area contributed by atoms with Gasteiger partial charge < -0.3 is 10.2 Å². The van der Waals surface area contributed by atoms with Gasteiger partial charge in [0.05, 0.1) is 12.2 Å². The van der Waals surface area contributed by atoms with Crippen LogP contribution in [0.15, 0.2) is 0 Å². The van der Waals surface area contributed by atoms with E-state index in [1.807, 2.05) is 0 Å². The summed E-state index contributed by atoms with van der Waals surface area (Å²) in [7, 11) is 0. The average molecular weight is 258 g/mol. The molecule has 18 heavy (non-hydrogen) atoms. The van der Waals surface area contributed by atoms with Crippen LogP contribution in [0.3, 0.4) is 0 Å². The Kier molecular flexibility index (Phi) is 11.9. The molecule has 0 aromatic rings. The monoisotopic (exact) mass is 258 g/mol. The maximum atomic E-state index is 10.2. The van der Waals surface area contributed by atoms with Gasteiger partial charge in [-0.1, -0.05) is 65.7 Å². The van der Waals surface area contributed by atoms with E-state index in [1.54, 1.807) is 0 Å². The van der Waals surface area contributed by atoms with Crippen molar-refractivity contribution in [1.82, 2.24) is 0 Å². The predicted octanol–water partition coefficient (Wildman–Crippen LogP) is 4.29. The van der Waals surface area contributed by atoms with Gasteiger partial charge in [-0.05, 0) is 19.3 Å². The highest BCUT2D eigenvalue weighted by molar-refractivity contribution is 4.76. The third-order valence-electron chi connectivity index (χ3n) is 3.84. The maximum absolute atomic E-state index is 10.2. The molecule has 110 valence electrons. The SMILES string of the molecule is CCCCCC(C(O)CCCC)C(O)CCCC. The molecule has 2 heteroatoms. The van der Waals surface area contributed by atoms with E-state index < -0.39 is 0 Å². The number of aliphatic hydroxyl groups excluding tert-OH is 2. The number of hydrogen-bond donors (Lipinski definition) is 2. The molecule has 0 aliphatic heterocycles. The summed E-state index contributed by atoms with van der Waals surface area (Å²) in [4.78, 5) is 0. The van der Waals surface area contributed by atoms with E-state index in [4.69, 9.17) is 0 Å². The number of rotatable bonds is 12. The van der Waals surface area contributed by atoms with Gasteiger partial charge in [0, 0.05) is 5.92 Å². The molecule has 2 nitrogen and oxygen atoms in total. The minimum Gasteiger partial charge on any atom is -0.393 e. The van der Waals surface area contributed by atoms with Crippen LogP contribution in [0, 0.1) is 5.92 Å². The normalized spacial score (nSPS) is 16.5. The van der Waals surface area contributed by atoms with Crippen molar-refractivity contribution in [1.29, 1.82) is 0 Å². The molecule has 0 radical (unpaired) electrons. The Morgan fingerprint density at radius 2 is 1.06 bits per heavy atom. The van der Waals surface area contributed by atoms with Crippen molar-refractivity contribution < 1.29 is 10.2 Å². The Morgan fingerprint density at radius 3 is 1.44 bits per heavy atom. The zero-order chi connectivity index (χ0) is 13.8. The smallest absolute Gasteiger partial charge is 0.0593 e. The lowest BCUT2D eigenvalue weighted by atomic mass is 9.85. The lowest BCUT2D eigenvalue weighted by Crippen LogP contribution is -2.32. The van der Waals surface area contributed by atoms with Crippen LogP contribution >= 0.6 is 0 Å². The summed E-state index contributed by atoms with van der Waals surface area (Å²) in [6.45, 7) is 6.48. The number of aliphatic hydroxyl groups is 2.